The molecule has 1 saturated carbocycles. The summed E-state index contributed by atoms with van der Waals surface area (Å²) in [6.07, 6.45) is 8.36. The molecule has 1 aromatic carbocycles. The van der Waals surface area contributed by atoms with Gasteiger partial charge in [-0.05, 0) is 44.7 Å². The number of likely N-dealkylation sites (tertiary alicyclic amines) is 1. The molecule has 0 bridgehead atoms. The molecule has 0 spiro atoms. The van der Waals surface area contributed by atoms with Crippen LogP contribution >= 0.6 is 0 Å². The maximum absolute atomic E-state index is 13.0. The van der Waals surface area contributed by atoms with Crippen molar-refractivity contribution in [2.75, 3.05) is 13.1 Å². The standard InChI is InChI=1S/C27H34N4O2/c1-18-20(3)31(22-11-7-8-12-22)25-24(18)26(29-17-28-25)33-23-13-15-30(16-14-23)27(32)19(2)21-9-5-4-6-10-21/h4-6,9-10,17,19,22-23H,7-8,11-16H2,1-3H3/t19-/m1/s1. The first kappa shape index (κ1) is 21.9. The molecule has 0 radical (unpaired) electrons. The normalized spacial score (nSPS) is 18.7. The highest BCUT2D eigenvalue weighted by Crippen LogP contribution is 2.38. The topological polar surface area (TPSA) is 60.2 Å². The van der Waals surface area contributed by atoms with Gasteiger partial charge in [0.05, 0.1) is 11.3 Å². The molecule has 1 aliphatic heterocycles. The second-order valence-corrected chi connectivity index (χ2v) is 9.67. The summed E-state index contributed by atoms with van der Waals surface area (Å²) in [6.45, 7) is 7.78. The third kappa shape index (κ3) is 4.11. The second kappa shape index (κ2) is 9.16. The zero-order valence-electron chi connectivity index (χ0n) is 20.0. The summed E-state index contributed by atoms with van der Waals surface area (Å²) in [5.74, 6) is 0.773. The Morgan fingerprint density at radius 1 is 1.03 bits per heavy atom. The van der Waals surface area contributed by atoms with Crippen LogP contribution in [-0.4, -0.2) is 44.5 Å². The average Bonchev–Trinajstić information content (AvgIpc) is 3.46. The maximum atomic E-state index is 13.0. The van der Waals surface area contributed by atoms with Gasteiger partial charge in [0.2, 0.25) is 11.8 Å². The van der Waals surface area contributed by atoms with E-state index >= 15 is 0 Å². The second-order valence-electron chi connectivity index (χ2n) is 9.67. The van der Waals surface area contributed by atoms with Crippen molar-refractivity contribution in [3.05, 3.63) is 53.5 Å². The summed E-state index contributed by atoms with van der Waals surface area (Å²) >= 11 is 0. The zero-order valence-corrected chi connectivity index (χ0v) is 20.0. The van der Waals surface area contributed by atoms with Gasteiger partial charge in [-0.1, -0.05) is 43.2 Å². The van der Waals surface area contributed by atoms with Gasteiger partial charge in [-0.2, -0.15) is 0 Å². The van der Waals surface area contributed by atoms with Crippen molar-refractivity contribution in [2.45, 2.75) is 77.4 Å². The largest absolute Gasteiger partial charge is 0.474 e. The van der Waals surface area contributed by atoms with Crippen LogP contribution in [0.25, 0.3) is 11.0 Å². The molecule has 0 N–H and O–H groups in total. The number of carbonyl (C=O) groups is 1. The van der Waals surface area contributed by atoms with Crippen LogP contribution < -0.4 is 4.74 Å². The first-order valence-corrected chi connectivity index (χ1v) is 12.4. The van der Waals surface area contributed by atoms with Gasteiger partial charge in [0, 0.05) is 37.7 Å². The smallest absolute Gasteiger partial charge is 0.229 e. The Morgan fingerprint density at radius 2 is 1.73 bits per heavy atom. The van der Waals surface area contributed by atoms with Gasteiger partial charge in [0.15, 0.2) is 0 Å². The van der Waals surface area contributed by atoms with Gasteiger partial charge in [-0.25, -0.2) is 9.97 Å². The molecule has 2 aliphatic rings. The Kier molecular flexibility index (Phi) is 6.09. The molecule has 174 valence electrons. The predicted molar refractivity (Wildman–Crippen MR) is 130 cm³/mol. The molecule has 33 heavy (non-hydrogen) atoms. The Balaban J connectivity index is 1.29. The molecule has 1 amide bonds. The van der Waals surface area contributed by atoms with E-state index in [2.05, 4.69) is 28.4 Å². The number of amides is 1. The van der Waals surface area contributed by atoms with E-state index in [1.165, 1.54) is 36.9 Å². The quantitative estimate of drug-likeness (QED) is 0.531. The minimum atomic E-state index is -0.119. The van der Waals surface area contributed by atoms with E-state index in [0.717, 1.165) is 42.5 Å². The zero-order chi connectivity index (χ0) is 22.9. The van der Waals surface area contributed by atoms with Crippen LogP contribution in [0.1, 0.15) is 74.2 Å². The molecule has 3 heterocycles. The molecule has 2 aromatic heterocycles. The van der Waals surface area contributed by atoms with E-state index in [4.69, 9.17) is 4.74 Å². The van der Waals surface area contributed by atoms with Crippen molar-refractivity contribution in [1.82, 2.24) is 19.4 Å². The summed E-state index contributed by atoms with van der Waals surface area (Å²) in [5.41, 5.74) is 4.57. The fourth-order valence-corrected chi connectivity index (χ4v) is 5.60. The lowest BCUT2D eigenvalue weighted by molar-refractivity contribution is -0.134. The number of benzene rings is 1. The van der Waals surface area contributed by atoms with E-state index in [9.17, 15) is 4.79 Å². The van der Waals surface area contributed by atoms with E-state index in [-0.39, 0.29) is 17.9 Å². The first-order valence-electron chi connectivity index (χ1n) is 12.4. The van der Waals surface area contributed by atoms with Crippen LogP contribution in [0.3, 0.4) is 0 Å². The first-order chi connectivity index (χ1) is 16.0. The van der Waals surface area contributed by atoms with Crippen LogP contribution in [0.2, 0.25) is 0 Å². The van der Waals surface area contributed by atoms with Crippen molar-refractivity contribution in [3.8, 4) is 5.88 Å². The van der Waals surface area contributed by atoms with Crippen molar-refractivity contribution in [2.24, 2.45) is 0 Å². The van der Waals surface area contributed by atoms with Crippen molar-refractivity contribution >= 4 is 16.9 Å². The molecule has 0 unspecified atom stereocenters. The Labute approximate surface area is 196 Å². The summed E-state index contributed by atoms with van der Waals surface area (Å²) in [6, 6.07) is 10.6. The van der Waals surface area contributed by atoms with Gasteiger partial charge in [-0.3, -0.25) is 4.79 Å². The number of aryl methyl sites for hydroxylation is 1. The number of rotatable bonds is 5. The number of aromatic nitrogens is 3. The molecule has 5 rings (SSSR count). The molecular weight excluding hydrogens is 412 g/mol. The average molecular weight is 447 g/mol. The number of fused-ring (bicyclic) bond motifs is 1. The van der Waals surface area contributed by atoms with Gasteiger partial charge in [0.25, 0.3) is 0 Å². The Hall–Kier alpha value is -2.89. The number of hydrogen-bond donors (Lipinski definition) is 0. The van der Waals surface area contributed by atoms with Crippen LogP contribution in [0.5, 0.6) is 5.88 Å². The van der Waals surface area contributed by atoms with Gasteiger partial charge < -0.3 is 14.2 Å². The lowest BCUT2D eigenvalue weighted by atomic mass is 9.98. The van der Waals surface area contributed by atoms with Gasteiger partial charge in [-0.15, -0.1) is 0 Å². The number of hydrogen-bond acceptors (Lipinski definition) is 4. The van der Waals surface area contributed by atoms with Gasteiger partial charge >= 0.3 is 0 Å². The lowest BCUT2D eigenvalue weighted by Gasteiger charge is -2.33. The Bertz CT molecular complexity index is 1130. The van der Waals surface area contributed by atoms with Gasteiger partial charge in [0.1, 0.15) is 18.1 Å². The molecular formula is C27H34N4O2. The summed E-state index contributed by atoms with van der Waals surface area (Å²) < 4.78 is 8.87. The molecule has 2 fully saturated rings. The van der Waals surface area contributed by atoms with E-state index in [0.29, 0.717) is 11.9 Å². The fourth-order valence-electron chi connectivity index (χ4n) is 5.60. The van der Waals surface area contributed by atoms with Crippen LogP contribution in [0, 0.1) is 13.8 Å². The molecule has 6 heteroatoms. The van der Waals surface area contributed by atoms with Crippen molar-refractivity contribution < 1.29 is 9.53 Å². The molecule has 1 atom stereocenters. The molecule has 3 aromatic rings. The lowest BCUT2D eigenvalue weighted by Crippen LogP contribution is -2.43. The number of carbonyl (C=O) groups excluding carboxylic acids is 1. The van der Waals surface area contributed by atoms with E-state index in [1.807, 2.05) is 42.2 Å². The maximum Gasteiger partial charge on any atom is 0.229 e. The number of ether oxygens (including phenoxy) is 1. The summed E-state index contributed by atoms with van der Waals surface area (Å²) in [7, 11) is 0. The highest BCUT2D eigenvalue weighted by atomic mass is 16.5. The van der Waals surface area contributed by atoms with Crippen LogP contribution in [0.15, 0.2) is 36.7 Å². The molecule has 1 aliphatic carbocycles. The van der Waals surface area contributed by atoms with E-state index in [1.54, 1.807) is 6.33 Å². The van der Waals surface area contributed by atoms with Crippen molar-refractivity contribution in [3.63, 3.8) is 0 Å². The minimum Gasteiger partial charge on any atom is -0.474 e. The highest BCUT2D eigenvalue weighted by molar-refractivity contribution is 5.87. The molecule has 6 nitrogen and oxygen atoms in total. The highest BCUT2D eigenvalue weighted by Gasteiger charge is 2.29. The number of piperidine rings is 1. The summed E-state index contributed by atoms with van der Waals surface area (Å²) in [5, 5.41) is 1.05. The number of nitrogens with zero attached hydrogens (tertiary/aromatic N) is 4. The third-order valence-electron chi connectivity index (χ3n) is 7.69. The predicted octanol–water partition coefficient (Wildman–Crippen LogP) is 5.34. The summed E-state index contributed by atoms with van der Waals surface area (Å²) in [4.78, 5) is 24.2. The van der Waals surface area contributed by atoms with E-state index < -0.39 is 0 Å². The monoisotopic (exact) mass is 446 g/mol. The van der Waals surface area contributed by atoms with Crippen LogP contribution in [0.4, 0.5) is 0 Å². The van der Waals surface area contributed by atoms with Crippen LogP contribution in [-0.2, 0) is 4.79 Å². The SMILES string of the molecule is Cc1c(C)n(C2CCCC2)c2ncnc(OC3CCN(C(=O)[C@H](C)c4ccccc4)CC3)c12. The third-order valence-corrected chi connectivity index (χ3v) is 7.69. The minimum absolute atomic E-state index is 0.0636. The van der Waals surface area contributed by atoms with Crippen molar-refractivity contribution in [1.29, 1.82) is 0 Å². The molecule has 1 saturated heterocycles. The Morgan fingerprint density at radius 3 is 2.42 bits per heavy atom. The fraction of sp³-hybridized carbons (Fsp3) is 0.519.